The van der Waals surface area contributed by atoms with Crippen LogP contribution in [0.15, 0.2) is 0 Å². The SMILES string of the molecule is CC(N)C(C)N1CCC1. The van der Waals surface area contributed by atoms with Gasteiger partial charge in [-0.2, -0.15) is 0 Å². The van der Waals surface area contributed by atoms with E-state index in [1.54, 1.807) is 0 Å². The van der Waals surface area contributed by atoms with Crippen LogP contribution in [0.25, 0.3) is 0 Å². The van der Waals surface area contributed by atoms with Gasteiger partial charge in [0.1, 0.15) is 0 Å². The van der Waals surface area contributed by atoms with Crippen LogP contribution in [-0.2, 0) is 0 Å². The Morgan fingerprint density at radius 1 is 1.33 bits per heavy atom. The molecule has 2 heteroatoms. The lowest BCUT2D eigenvalue weighted by atomic mass is 10.1. The second-order valence-corrected chi connectivity index (χ2v) is 2.99. The average molecular weight is 128 g/mol. The molecule has 1 heterocycles. The molecule has 0 radical (unpaired) electrons. The largest absolute Gasteiger partial charge is 0.327 e. The summed E-state index contributed by atoms with van der Waals surface area (Å²) in [5.74, 6) is 0. The zero-order chi connectivity index (χ0) is 6.85. The highest BCUT2D eigenvalue weighted by Crippen LogP contribution is 2.11. The Hall–Kier alpha value is -0.0800. The average Bonchev–Trinajstić information content (AvgIpc) is 1.60. The molecule has 54 valence electrons. The molecular formula is C7H16N2. The van der Waals surface area contributed by atoms with Crippen molar-refractivity contribution in [1.82, 2.24) is 4.90 Å². The minimum Gasteiger partial charge on any atom is -0.327 e. The Kier molecular flexibility index (Phi) is 2.09. The van der Waals surface area contributed by atoms with Gasteiger partial charge in [0.15, 0.2) is 0 Å². The summed E-state index contributed by atoms with van der Waals surface area (Å²) < 4.78 is 0. The molecule has 0 spiro atoms. The Balaban J connectivity index is 2.23. The maximum Gasteiger partial charge on any atom is 0.0216 e. The van der Waals surface area contributed by atoms with Crippen molar-refractivity contribution >= 4 is 0 Å². The first kappa shape index (κ1) is 7.03. The maximum absolute atomic E-state index is 5.70. The number of nitrogens with zero attached hydrogens (tertiary/aromatic N) is 1. The van der Waals surface area contributed by atoms with Crippen molar-refractivity contribution in [3.63, 3.8) is 0 Å². The van der Waals surface area contributed by atoms with Crippen molar-refractivity contribution in [2.24, 2.45) is 5.73 Å². The summed E-state index contributed by atoms with van der Waals surface area (Å²) in [4.78, 5) is 2.42. The molecule has 0 saturated carbocycles. The quantitative estimate of drug-likeness (QED) is 0.584. The molecule has 1 aliphatic heterocycles. The molecule has 1 aliphatic rings. The molecule has 2 nitrogen and oxygen atoms in total. The first-order valence-electron chi connectivity index (χ1n) is 3.71. The van der Waals surface area contributed by atoms with E-state index in [9.17, 15) is 0 Å². The van der Waals surface area contributed by atoms with E-state index in [1.807, 2.05) is 0 Å². The fourth-order valence-corrected chi connectivity index (χ4v) is 1.08. The summed E-state index contributed by atoms with van der Waals surface area (Å²) in [5, 5.41) is 0. The maximum atomic E-state index is 5.70. The summed E-state index contributed by atoms with van der Waals surface area (Å²) in [6.45, 7) is 6.78. The van der Waals surface area contributed by atoms with Gasteiger partial charge < -0.3 is 5.73 Å². The normalized spacial score (nSPS) is 27.0. The van der Waals surface area contributed by atoms with Crippen LogP contribution in [0.1, 0.15) is 20.3 Å². The molecule has 0 aromatic rings. The predicted molar refractivity (Wildman–Crippen MR) is 39.3 cm³/mol. The van der Waals surface area contributed by atoms with Gasteiger partial charge in [-0.05, 0) is 33.4 Å². The second-order valence-electron chi connectivity index (χ2n) is 2.99. The summed E-state index contributed by atoms with van der Waals surface area (Å²) in [5.41, 5.74) is 5.70. The smallest absolute Gasteiger partial charge is 0.0216 e. The Bertz CT molecular complexity index is 86.9. The first-order chi connectivity index (χ1) is 4.22. The third-order valence-electron chi connectivity index (χ3n) is 2.23. The lowest BCUT2D eigenvalue weighted by molar-refractivity contribution is 0.115. The van der Waals surface area contributed by atoms with E-state index in [2.05, 4.69) is 18.7 Å². The zero-order valence-electron chi connectivity index (χ0n) is 6.30. The van der Waals surface area contributed by atoms with Crippen molar-refractivity contribution in [2.45, 2.75) is 32.4 Å². The van der Waals surface area contributed by atoms with Gasteiger partial charge in [-0.25, -0.2) is 0 Å². The molecule has 2 N–H and O–H groups in total. The van der Waals surface area contributed by atoms with Crippen LogP contribution in [0, 0.1) is 0 Å². The van der Waals surface area contributed by atoms with Crippen LogP contribution in [0.3, 0.4) is 0 Å². The summed E-state index contributed by atoms with van der Waals surface area (Å²) in [6.07, 6.45) is 1.36. The van der Waals surface area contributed by atoms with Crippen LogP contribution >= 0.6 is 0 Å². The van der Waals surface area contributed by atoms with Gasteiger partial charge in [-0.1, -0.05) is 0 Å². The minimum atomic E-state index is 0.324. The van der Waals surface area contributed by atoms with Gasteiger partial charge in [0, 0.05) is 12.1 Å². The predicted octanol–water partition coefficient (Wildman–Crippen LogP) is 0.428. The first-order valence-corrected chi connectivity index (χ1v) is 3.71. The van der Waals surface area contributed by atoms with E-state index < -0.39 is 0 Å². The topological polar surface area (TPSA) is 29.3 Å². The van der Waals surface area contributed by atoms with E-state index in [0.717, 1.165) is 0 Å². The van der Waals surface area contributed by atoms with E-state index in [4.69, 9.17) is 5.73 Å². The molecule has 1 fully saturated rings. The van der Waals surface area contributed by atoms with E-state index in [-0.39, 0.29) is 0 Å². The molecule has 0 aromatic heterocycles. The number of hydrogen-bond acceptors (Lipinski definition) is 2. The van der Waals surface area contributed by atoms with Gasteiger partial charge in [-0.15, -0.1) is 0 Å². The van der Waals surface area contributed by atoms with Crippen molar-refractivity contribution in [3.8, 4) is 0 Å². The lowest BCUT2D eigenvalue weighted by Gasteiger charge is -2.38. The standard InChI is InChI=1S/C7H16N2/c1-6(8)7(2)9-4-3-5-9/h6-7H,3-5,8H2,1-2H3. The third kappa shape index (κ3) is 1.43. The Morgan fingerprint density at radius 2 is 1.89 bits per heavy atom. The highest BCUT2D eigenvalue weighted by molar-refractivity contribution is 4.80. The zero-order valence-corrected chi connectivity index (χ0v) is 6.30. The molecule has 0 aromatic carbocycles. The monoisotopic (exact) mass is 128 g/mol. The second kappa shape index (κ2) is 2.67. The molecule has 2 atom stereocenters. The highest BCUT2D eigenvalue weighted by Gasteiger charge is 2.22. The highest BCUT2D eigenvalue weighted by atomic mass is 15.2. The van der Waals surface area contributed by atoms with E-state index >= 15 is 0 Å². The van der Waals surface area contributed by atoms with E-state index in [1.165, 1.54) is 19.5 Å². The minimum absolute atomic E-state index is 0.324. The molecule has 0 amide bonds. The third-order valence-corrected chi connectivity index (χ3v) is 2.23. The van der Waals surface area contributed by atoms with Crippen molar-refractivity contribution < 1.29 is 0 Å². The summed E-state index contributed by atoms with van der Waals surface area (Å²) in [6, 6.07) is 0.907. The summed E-state index contributed by atoms with van der Waals surface area (Å²) >= 11 is 0. The van der Waals surface area contributed by atoms with Crippen LogP contribution < -0.4 is 5.73 Å². The van der Waals surface area contributed by atoms with Crippen LogP contribution in [0.5, 0.6) is 0 Å². The van der Waals surface area contributed by atoms with Crippen molar-refractivity contribution in [3.05, 3.63) is 0 Å². The molecule has 2 unspecified atom stereocenters. The molecule has 1 rings (SSSR count). The van der Waals surface area contributed by atoms with Crippen molar-refractivity contribution in [1.29, 1.82) is 0 Å². The van der Waals surface area contributed by atoms with Crippen LogP contribution in [-0.4, -0.2) is 30.1 Å². The van der Waals surface area contributed by atoms with Crippen molar-refractivity contribution in [2.75, 3.05) is 13.1 Å². The van der Waals surface area contributed by atoms with Crippen LogP contribution in [0.4, 0.5) is 0 Å². The molecule has 9 heavy (non-hydrogen) atoms. The molecular weight excluding hydrogens is 112 g/mol. The Morgan fingerprint density at radius 3 is 2.00 bits per heavy atom. The van der Waals surface area contributed by atoms with Gasteiger partial charge in [0.25, 0.3) is 0 Å². The van der Waals surface area contributed by atoms with Gasteiger partial charge in [0.05, 0.1) is 0 Å². The fraction of sp³-hybridized carbons (Fsp3) is 1.00. The number of hydrogen-bond donors (Lipinski definition) is 1. The van der Waals surface area contributed by atoms with Gasteiger partial charge >= 0.3 is 0 Å². The number of rotatable bonds is 2. The lowest BCUT2D eigenvalue weighted by Crippen LogP contribution is -2.50. The molecule has 0 aliphatic carbocycles. The Labute approximate surface area is 57.0 Å². The van der Waals surface area contributed by atoms with E-state index in [0.29, 0.717) is 12.1 Å². The summed E-state index contributed by atoms with van der Waals surface area (Å²) in [7, 11) is 0. The number of likely N-dealkylation sites (tertiary alicyclic amines) is 1. The molecule has 1 saturated heterocycles. The molecule has 0 bridgehead atoms. The number of nitrogens with two attached hydrogens (primary N) is 1. The van der Waals surface area contributed by atoms with Gasteiger partial charge in [0.2, 0.25) is 0 Å². The van der Waals surface area contributed by atoms with Gasteiger partial charge in [-0.3, -0.25) is 4.90 Å². The fourth-order valence-electron chi connectivity index (χ4n) is 1.08. The van der Waals surface area contributed by atoms with Crippen LogP contribution in [0.2, 0.25) is 0 Å².